The van der Waals surface area contributed by atoms with Crippen LogP contribution in [0.5, 0.6) is 5.75 Å². The number of hydrogen-bond acceptors (Lipinski definition) is 5. The molecule has 4 rings (SSSR count). The lowest BCUT2D eigenvalue weighted by Crippen LogP contribution is -2.16. The third-order valence-corrected chi connectivity index (χ3v) is 6.46. The molecule has 0 saturated carbocycles. The second kappa shape index (κ2) is 10.1. The molecule has 1 N–H and O–H groups in total. The number of carbonyl (C=O) groups excluding carboxylic acids is 1. The van der Waals surface area contributed by atoms with E-state index < -0.39 is 0 Å². The van der Waals surface area contributed by atoms with Gasteiger partial charge in [-0.3, -0.25) is 4.79 Å². The minimum Gasteiger partial charge on any atom is -0.485 e. The topological polar surface area (TPSA) is 69.0 Å². The fourth-order valence-corrected chi connectivity index (χ4v) is 4.82. The summed E-state index contributed by atoms with van der Waals surface area (Å²) in [6.07, 6.45) is 0. The van der Waals surface area contributed by atoms with E-state index in [0.29, 0.717) is 18.3 Å². The smallest absolute Gasteiger partial charge is 0.234 e. The van der Waals surface area contributed by atoms with E-state index >= 15 is 0 Å². The molecular weight excluding hydrogens is 432 g/mol. The van der Waals surface area contributed by atoms with Crippen LogP contribution in [0.1, 0.15) is 29.4 Å². The second-order valence-electron chi connectivity index (χ2n) is 8.02. The molecule has 7 heteroatoms. The van der Waals surface area contributed by atoms with Crippen LogP contribution in [-0.4, -0.2) is 26.4 Å². The van der Waals surface area contributed by atoms with E-state index in [-0.39, 0.29) is 11.7 Å². The van der Waals surface area contributed by atoms with Gasteiger partial charge >= 0.3 is 0 Å². The van der Waals surface area contributed by atoms with Crippen LogP contribution >= 0.6 is 11.8 Å². The third-order valence-electron chi connectivity index (χ3n) is 5.49. The van der Waals surface area contributed by atoms with Crippen molar-refractivity contribution in [2.24, 2.45) is 0 Å². The predicted molar refractivity (Wildman–Crippen MR) is 134 cm³/mol. The van der Waals surface area contributed by atoms with Gasteiger partial charge in [-0.15, -0.1) is 10.2 Å². The third kappa shape index (κ3) is 5.20. The number of carbonyl (C=O) groups is 1. The van der Waals surface area contributed by atoms with E-state index in [1.807, 2.05) is 55.7 Å². The zero-order valence-corrected chi connectivity index (χ0v) is 20.2. The highest BCUT2D eigenvalue weighted by Crippen LogP contribution is 2.27. The molecule has 170 valence electrons. The van der Waals surface area contributed by atoms with Crippen LogP contribution in [0.15, 0.2) is 59.8 Å². The summed E-state index contributed by atoms with van der Waals surface area (Å²) < 4.78 is 8.08. The Kier molecular flexibility index (Phi) is 6.99. The van der Waals surface area contributed by atoms with Gasteiger partial charge in [0.1, 0.15) is 12.4 Å². The second-order valence-corrected chi connectivity index (χ2v) is 8.96. The molecule has 0 spiro atoms. The SMILES string of the molecule is CCn1c(COc2cccc3ccccc23)nnc1SCC(=O)Nc1c(C)cc(C)cc1C. The zero-order valence-electron chi connectivity index (χ0n) is 19.4. The Morgan fingerprint density at radius 2 is 1.76 bits per heavy atom. The zero-order chi connectivity index (χ0) is 23.4. The Bertz CT molecular complexity index is 1270. The van der Waals surface area contributed by atoms with Crippen molar-refractivity contribution in [2.45, 2.75) is 46.0 Å². The lowest BCUT2D eigenvalue weighted by atomic mass is 10.1. The van der Waals surface area contributed by atoms with Crippen LogP contribution in [-0.2, 0) is 17.9 Å². The van der Waals surface area contributed by atoms with Crippen molar-refractivity contribution in [2.75, 3.05) is 11.1 Å². The van der Waals surface area contributed by atoms with Gasteiger partial charge in [0.25, 0.3) is 0 Å². The number of fused-ring (bicyclic) bond motifs is 1. The molecule has 0 radical (unpaired) electrons. The minimum absolute atomic E-state index is 0.0609. The summed E-state index contributed by atoms with van der Waals surface area (Å²) in [5.74, 6) is 1.75. The number of anilines is 1. The molecule has 6 nitrogen and oxygen atoms in total. The summed E-state index contributed by atoms with van der Waals surface area (Å²) in [5.41, 5.74) is 4.20. The number of ether oxygens (including phenoxy) is 1. The number of nitrogens with one attached hydrogen (secondary N) is 1. The van der Waals surface area contributed by atoms with Gasteiger partial charge < -0.3 is 14.6 Å². The molecule has 4 aromatic rings. The first-order valence-corrected chi connectivity index (χ1v) is 12.0. The molecule has 0 aliphatic rings. The van der Waals surface area contributed by atoms with Crippen molar-refractivity contribution in [3.63, 3.8) is 0 Å². The van der Waals surface area contributed by atoms with Gasteiger partial charge in [-0.05, 0) is 50.3 Å². The Morgan fingerprint density at radius 3 is 2.52 bits per heavy atom. The highest BCUT2D eigenvalue weighted by atomic mass is 32.2. The van der Waals surface area contributed by atoms with E-state index in [0.717, 1.165) is 39.2 Å². The quantitative estimate of drug-likeness (QED) is 0.342. The molecule has 0 saturated heterocycles. The van der Waals surface area contributed by atoms with Gasteiger partial charge in [-0.2, -0.15) is 0 Å². The predicted octanol–water partition coefficient (Wildman–Crippen LogP) is 5.69. The highest BCUT2D eigenvalue weighted by Gasteiger charge is 2.15. The van der Waals surface area contributed by atoms with Crippen molar-refractivity contribution in [1.29, 1.82) is 0 Å². The fourth-order valence-electron chi connectivity index (χ4n) is 4.00. The molecule has 1 aromatic heterocycles. The van der Waals surface area contributed by atoms with E-state index in [2.05, 4.69) is 46.7 Å². The lowest BCUT2D eigenvalue weighted by Gasteiger charge is -2.13. The van der Waals surface area contributed by atoms with Crippen LogP contribution in [0, 0.1) is 20.8 Å². The van der Waals surface area contributed by atoms with Crippen molar-refractivity contribution < 1.29 is 9.53 Å². The average molecular weight is 461 g/mol. The number of nitrogens with zero attached hydrogens (tertiary/aromatic N) is 3. The Morgan fingerprint density at radius 1 is 1.03 bits per heavy atom. The summed E-state index contributed by atoms with van der Waals surface area (Å²) in [5, 5.41) is 14.6. The van der Waals surface area contributed by atoms with Crippen LogP contribution < -0.4 is 10.1 Å². The number of benzene rings is 3. The Balaban J connectivity index is 1.41. The largest absolute Gasteiger partial charge is 0.485 e. The van der Waals surface area contributed by atoms with Gasteiger partial charge in [0, 0.05) is 17.6 Å². The number of amides is 1. The molecular formula is C26H28N4O2S. The molecule has 1 heterocycles. The molecule has 0 aliphatic carbocycles. The van der Waals surface area contributed by atoms with Crippen molar-refractivity contribution >= 4 is 34.1 Å². The summed E-state index contributed by atoms with van der Waals surface area (Å²) >= 11 is 1.38. The minimum atomic E-state index is -0.0609. The Hall–Kier alpha value is -3.32. The molecule has 0 aliphatic heterocycles. The van der Waals surface area contributed by atoms with E-state index in [1.54, 1.807) is 0 Å². The van der Waals surface area contributed by atoms with E-state index in [4.69, 9.17) is 4.74 Å². The van der Waals surface area contributed by atoms with Crippen LogP contribution in [0.4, 0.5) is 5.69 Å². The molecule has 33 heavy (non-hydrogen) atoms. The number of aromatic nitrogens is 3. The molecule has 0 bridgehead atoms. The first-order chi connectivity index (χ1) is 16.0. The first-order valence-electron chi connectivity index (χ1n) is 11.0. The highest BCUT2D eigenvalue weighted by molar-refractivity contribution is 7.99. The summed E-state index contributed by atoms with van der Waals surface area (Å²) in [6, 6.07) is 18.3. The molecule has 3 aromatic carbocycles. The van der Waals surface area contributed by atoms with Crippen LogP contribution in [0.3, 0.4) is 0 Å². The monoisotopic (exact) mass is 460 g/mol. The Labute approximate surface area is 198 Å². The van der Waals surface area contributed by atoms with Crippen molar-refractivity contribution in [3.05, 3.63) is 77.1 Å². The summed E-state index contributed by atoms with van der Waals surface area (Å²) in [6.45, 7) is 9.12. The normalized spacial score (nSPS) is 11.0. The fraction of sp³-hybridized carbons (Fsp3) is 0.269. The van der Waals surface area contributed by atoms with Gasteiger partial charge in [0.2, 0.25) is 5.91 Å². The molecule has 0 atom stereocenters. The molecule has 0 unspecified atom stereocenters. The molecule has 1 amide bonds. The number of thioether (sulfide) groups is 1. The van der Waals surface area contributed by atoms with E-state index in [1.165, 1.54) is 17.3 Å². The number of rotatable bonds is 8. The summed E-state index contributed by atoms with van der Waals surface area (Å²) in [4.78, 5) is 12.6. The number of hydrogen-bond donors (Lipinski definition) is 1. The molecule has 0 fully saturated rings. The van der Waals surface area contributed by atoms with Crippen LogP contribution in [0.25, 0.3) is 10.8 Å². The first kappa shape index (κ1) is 22.9. The van der Waals surface area contributed by atoms with Crippen molar-refractivity contribution in [1.82, 2.24) is 14.8 Å². The van der Waals surface area contributed by atoms with Gasteiger partial charge in [0.15, 0.2) is 11.0 Å². The standard InChI is InChI=1S/C26H28N4O2S/c1-5-30-23(15-32-22-12-8-10-20-9-6-7-11-21(20)22)28-29-26(30)33-16-24(31)27-25-18(3)13-17(2)14-19(25)4/h6-14H,5,15-16H2,1-4H3,(H,27,31). The maximum absolute atomic E-state index is 12.6. The van der Waals surface area contributed by atoms with Crippen LogP contribution in [0.2, 0.25) is 0 Å². The van der Waals surface area contributed by atoms with Gasteiger partial charge in [-0.1, -0.05) is 65.9 Å². The average Bonchev–Trinajstić information content (AvgIpc) is 3.20. The maximum atomic E-state index is 12.6. The van der Waals surface area contributed by atoms with Gasteiger partial charge in [0.05, 0.1) is 5.75 Å². The van der Waals surface area contributed by atoms with E-state index in [9.17, 15) is 4.79 Å². The van der Waals surface area contributed by atoms with Gasteiger partial charge in [-0.25, -0.2) is 0 Å². The van der Waals surface area contributed by atoms with Crippen molar-refractivity contribution in [3.8, 4) is 5.75 Å². The summed E-state index contributed by atoms with van der Waals surface area (Å²) in [7, 11) is 0. The lowest BCUT2D eigenvalue weighted by molar-refractivity contribution is -0.113. The maximum Gasteiger partial charge on any atom is 0.234 e. The number of aryl methyl sites for hydroxylation is 3.